The highest BCUT2D eigenvalue weighted by atomic mass is 16.7. The van der Waals surface area contributed by atoms with Crippen molar-refractivity contribution in [1.29, 1.82) is 0 Å². The summed E-state index contributed by atoms with van der Waals surface area (Å²) in [6.07, 6.45) is 0. The van der Waals surface area contributed by atoms with Gasteiger partial charge in [0.05, 0.1) is 23.1 Å². The molecular weight excluding hydrogens is 308 g/mol. The standard InChI is InChI=1S/C13H14N4O6/c1-8(13(20)21)15(2)17(22)14-23-7-16-11(18)9-5-3-4-6-10(9)12(16)19/h3-6,8H,7H2,1-2H3,(H,20,21)/b17-14-/t8-/m0/s1. The summed E-state index contributed by atoms with van der Waals surface area (Å²) in [4.78, 5) is 40.2. The SMILES string of the molecule is C[C@@H](C(=O)O)N(C)/[N+]([O-])=N/OCN1C(=O)c2ccccc2C1=O. The molecule has 23 heavy (non-hydrogen) atoms. The maximum absolute atomic E-state index is 12.0. The summed E-state index contributed by atoms with van der Waals surface area (Å²) < 4.78 is 0. The highest BCUT2D eigenvalue weighted by molar-refractivity contribution is 6.21. The van der Waals surface area contributed by atoms with Crippen molar-refractivity contribution >= 4 is 17.8 Å². The Hall–Kier alpha value is -3.17. The van der Waals surface area contributed by atoms with Crippen LogP contribution in [0.25, 0.3) is 0 Å². The second-order valence-electron chi connectivity index (χ2n) is 4.76. The van der Waals surface area contributed by atoms with Crippen molar-refractivity contribution in [2.45, 2.75) is 13.0 Å². The number of hydrazine groups is 1. The van der Waals surface area contributed by atoms with E-state index in [0.29, 0.717) is 0 Å². The summed E-state index contributed by atoms with van der Waals surface area (Å²) in [6.45, 7) is 0.729. The van der Waals surface area contributed by atoms with Crippen LogP contribution in [0.2, 0.25) is 0 Å². The molecule has 122 valence electrons. The van der Waals surface area contributed by atoms with E-state index < -0.39 is 30.6 Å². The number of carboxylic acid groups (broad SMARTS) is 1. The first kappa shape index (κ1) is 16.2. The second kappa shape index (κ2) is 6.30. The van der Waals surface area contributed by atoms with Gasteiger partial charge in [-0.1, -0.05) is 12.1 Å². The largest absolute Gasteiger partial charge is 0.569 e. The summed E-state index contributed by atoms with van der Waals surface area (Å²) in [5.74, 6) is -2.32. The summed E-state index contributed by atoms with van der Waals surface area (Å²) in [6, 6.07) is 5.14. The molecular formula is C13H14N4O6. The minimum Gasteiger partial charge on any atom is -0.569 e. The van der Waals surface area contributed by atoms with Gasteiger partial charge >= 0.3 is 5.97 Å². The summed E-state index contributed by atoms with van der Waals surface area (Å²) in [5.41, 5.74) is 0.494. The molecule has 1 atom stereocenters. The summed E-state index contributed by atoms with van der Waals surface area (Å²) in [5, 5.41) is 24.2. The van der Waals surface area contributed by atoms with Gasteiger partial charge in [-0.05, 0) is 19.1 Å². The number of carbonyl (C=O) groups is 3. The quantitative estimate of drug-likeness (QED) is 0.349. The van der Waals surface area contributed by atoms with Gasteiger partial charge < -0.3 is 15.2 Å². The number of benzene rings is 1. The highest BCUT2D eigenvalue weighted by Gasteiger charge is 2.35. The number of carboxylic acids is 1. The Kier molecular flexibility index (Phi) is 4.44. The molecule has 0 unspecified atom stereocenters. The van der Waals surface area contributed by atoms with Crippen molar-refractivity contribution in [3.05, 3.63) is 40.6 Å². The van der Waals surface area contributed by atoms with Gasteiger partial charge in [0.2, 0.25) is 12.0 Å². The molecule has 0 aromatic heterocycles. The van der Waals surface area contributed by atoms with Gasteiger partial charge in [0.1, 0.15) is 0 Å². The molecule has 2 rings (SSSR count). The summed E-state index contributed by atoms with van der Waals surface area (Å²) >= 11 is 0. The Morgan fingerprint density at radius 3 is 2.39 bits per heavy atom. The fourth-order valence-corrected chi connectivity index (χ4v) is 1.85. The number of imide groups is 1. The topological polar surface area (TPSA) is 126 Å². The third-order valence-corrected chi connectivity index (χ3v) is 3.38. The Balaban J connectivity index is 2.00. The molecule has 0 spiro atoms. The molecule has 10 nitrogen and oxygen atoms in total. The molecule has 1 N–H and O–H groups in total. The van der Waals surface area contributed by atoms with Crippen LogP contribution in [0.15, 0.2) is 29.5 Å². The molecule has 1 aliphatic rings. The molecule has 0 aliphatic carbocycles. The third kappa shape index (κ3) is 3.05. The van der Waals surface area contributed by atoms with Crippen LogP contribution in [-0.2, 0) is 9.63 Å². The first-order chi connectivity index (χ1) is 10.8. The van der Waals surface area contributed by atoms with E-state index in [1.54, 1.807) is 12.1 Å². The molecule has 1 heterocycles. The van der Waals surface area contributed by atoms with E-state index in [2.05, 4.69) is 5.28 Å². The molecule has 0 bridgehead atoms. The first-order valence-corrected chi connectivity index (χ1v) is 6.55. The van der Waals surface area contributed by atoms with E-state index in [0.717, 1.165) is 9.91 Å². The highest BCUT2D eigenvalue weighted by Crippen LogP contribution is 2.22. The van der Waals surface area contributed by atoms with Crippen LogP contribution in [0.4, 0.5) is 0 Å². The zero-order chi connectivity index (χ0) is 17.1. The van der Waals surface area contributed by atoms with Crippen molar-refractivity contribution in [2.75, 3.05) is 13.8 Å². The minimum atomic E-state index is -1.22. The molecule has 2 amide bonds. The number of nitrogens with zero attached hydrogens (tertiary/aromatic N) is 4. The van der Waals surface area contributed by atoms with Crippen LogP contribution in [0.1, 0.15) is 27.6 Å². The molecule has 1 aliphatic heterocycles. The lowest BCUT2D eigenvalue weighted by atomic mass is 10.1. The number of hydrogen-bond donors (Lipinski definition) is 1. The fraction of sp³-hybridized carbons (Fsp3) is 0.308. The lowest BCUT2D eigenvalue weighted by Crippen LogP contribution is -2.40. The van der Waals surface area contributed by atoms with Crippen LogP contribution in [0, 0.1) is 5.21 Å². The van der Waals surface area contributed by atoms with Crippen LogP contribution in [-0.4, -0.2) is 57.6 Å². The number of amides is 2. The maximum Gasteiger partial charge on any atom is 0.331 e. The van der Waals surface area contributed by atoms with E-state index in [1.807, 2.05) is 0 Å². The Bertz CT molecular complexity index is 654. The number of rotatable bonds is 6. The zero-order valence-electron chi connectivity index (χ0n) is 12.4. The fourth-order valence-electron chi connectivity index (χ4n) is 1.85. The minimum absolute atomic E-state index is 0.0725. The van der Waals surface area contributed by atoms with E-state index in [9.17, 15) is 19.6 Å². The number of likely N-dealkylation sites (N-methyl/N-ethyl adjacent to an activating group) is 1. The first-order valence-electron chi connectivity index (χ1n) is 6.55. The number of aliphatic carboxylic acids is 1. The van der Waals surface area contributed by atoms with Crippen molar-refractivity contribution in [1.82, 2.24) is 9.91 Å². The average molecular weight is 322 g/mol. The predicted octanol–water partition coefficient (Wildman–Crippen LogP) is 0.454. The molecule has 0 saturated heterocycles. The van der Waals surface area contributed by atoms with Crippen LogP contribution in [0.3, 0.4) is 0 Å². The number of fused-ring (bicyclic) bond motifs is 1. The van der Waals surface area contributed by atoms with Crippen molar-refractivity contribution < 1.29 is 29.3 Å². The average Bonchev–Trinajstić information content (AvgIpc) is 2.78. The molecule has 0 fully saturated rings. The maximum atomic E-state index is 12.0. The predicted molar refractivity (Wildman–Crippen MR) is 73.8 cm³/mol. The van der Waals surface area contributed by atoms with Crippen molar-refractivity contribution in [3.8, 4) is 0 Å². The van der Waals surface area contributed by atoms with E-state index in [4.69, 9.17) is 9.94 Å². The molecule has 1 aromatic carbocycles. The normalized spacial score (nSPS) is 15.4. The third-order valence-electron chi connectivity index (χ3n) is 3.38. The van der Waals surface area contributed by atoms with Crippen molar-refractivity contribution in [2.24, 2.45) is 5.28 Å². The zero-order valence-corrected chi connectivity index (χ0v) is 12.4. The van der Waals surface area contributed by atoms with Gasteiger partial charge in [0.15, 0.2) is 6.04 Å². The van der Waals surface area contributed by atoms with E-state index in [1.165, 1.54) is 26.1 Å². The van der Waals surface area contributed by atoms with Gasteiger partial charge in [-0.15, -0.1) is 5.01 Å². The monoisotopic (exact) mass is 322 g/mol. The molecule has 0 saturated carbocycles. The van der Waals surface area contributed by atoms with Crippen LogP contribution < -0.4 is 0 Å². The van der Waals surface area contributed by atoms with Gasteiger partial charge in [-0.2, -0.15) is 0 Å². The van der Waals surface area contributed by atoms with Crippen molar-refractivity contribution in [3.63, 3.8) is 0 Å². The number of hydrogen-bond acceptors (Lipinski definition) is 6. The van der Waals surface area contributed by atoms with E-state index in [-0.39, 0.29) is 16.1 Å². The van der Waals surface area contributed by atoms with Gasteiger partial charge in [-0.25, -0.2) is 9.69 Å². The molecule has 0 radical (unpaired) electrons. The molecule has 10 heteroatoms. The Morgan fingerprint density at radius 1 is 1.39 bits per heavy atom. The van der Waals surface area contributed by atoms with Gasteiger partial charge in [0, 0.05) is 0 Å². The Labute approximate surface area is 130 Å². The van der Waals surface area contributed by atoms with Crippen LogP contribution >= 0.6 is 0 Å². The lowest BCUT2D eigenvalue weighted by molar-refractivity contribution is -0.710. The van der Waals surface area contributed by atoms with E-state index >= 15 is 0 Å². The van der Waals surface area contributed by atoms with Gasteiger partial charge in [-0.3, -0.25) is 9.59 Å². The lowest BCUT2D eigenvalue weighted by Gasteiger charge is -2.17. The van der Waals surface area contributed by atoms with Gasteiger partial charge in [0.25, 0.3) is 11.8 Å². The molecule has 1 aromatic rings. The number of carbonyl (C=O) groups excluding carboxylic acids is 2. The Morgan fingerprint density at radius 2 is 1.91 bits per heavy atom. The van der Waals surface area contributed by atoms with Crippen LogP contribution in [0.5, 0.6) is 0 Å². The smallest absolute Gasteiger partial charge is 0.331 e. The summed E-state index contributed by atoms with van der Waals surface area (Å²) in [7, 11) is 1.21. The second-order valence-corrected chi connectivity index (χ2v) is 4.76.